The van der Waals surface area contributed by atoms with E-state index < -0.39 is 0 Å². The highest BCUT2D eigenvalue weighted by molar-refractivity contribution is 5.92. The maximum Gasteiger partial charge on any atom is 0.324 e. The Labute approximate surface area is 102 Å². The Bertz CT molecular complexity index is 405. The average Bonchev–Trinajstić information content (AvgIpc) is 2.59. The minimum Gasteiger partial charge on any atom is -0.328 e. The van der Waals surface area contributed by atoms with Crippen LogP contribution in [0.3, 0.4) is 0 Å². The van der Waals surface area contributed by atoms with Gasteiger partial charge in [-0.3, -0.25) is 4.90 Å². The molecule has 1 N–H and O–H groups in total. The maximum absolute atomic E-state index is 12.3. The number of benzene rings is 1. The summed E-state index contributed by atoms with van der Waals surface area (Å²) >= 11 is 0. The molecule has 1 aliphatic rings. The van der Waals surface area contributed by atoms with Crippen molar-refractivity contribution in [2.45, 2.75) is 13.5 Å². The topological polar surface area (TPSA) is 35.6 Å². The minimum absolute atomic E-state index is 0.0728. The third kappa shape index (κ3) is 2.42. The lowest BCUT2D eigenvalue weighted by Gasteiger charge is -2.27. The smallest absolute Gasteiger partial charge is 0.324 e. The number of urea groups is 1. The Hall–Kier alpha value is -1.55. The van der Waals surface area contributed by atoms with Gasteiger partial charge >= 0.3 is 6.03 Å². The Morgan fingerprint density at radius 1 is 1.47 bits per heavy atom. The summed E-state index contributed by atoms with van der Waals surface area (Å²) in [5.74, 6) is 0. The third-order valence-corrected chi connectivity index (χ3v) is 3.14. The molecule has 0 saturated carbocycles. The lowest BCUT2D eigenvalue weighted by molar-refractivity contribution is 0.218. The SMILES string of the molecule is CCN(C)C(=O)N1CCNCc2ccccc21. The van der Waals surface area contributed by atoms with Gasteiger partial charge in [-0.2, -0.15) is 0 Å². The van der Waals surface area contributed by atoms with Crippen molar-refractivity contribution in [1.82, 2.24) is 10.2 Å². The fourth-order valence-corrected chi connectivity index (χ4v) is 2.00. The second-order valence-electron chi connectivity index (χ2n) is 4.25. The Morgan fingerprint density at radius 2 is 2.24 bits per heavy atom. The summed E-state index contributed by atoms with van der Waals surface area (Å²) in [4.78, 5) is 15.9. The standard InChI is InChI=1S/C13H19N3O/c1-3-15(2)13(17)16-9-8-14-10-11-6-4-5-7-12(11)16/h4-7,14H,3,8-10H2,1-2H3. The molecule has 0 aliphatic carbocycles. The van der Waals surface area contributed by atoms with Crippen molar-refractivity contribution in [2.75, 3.05) is 31.6 Å². The molecule has 4 nitrogen and oxygen atoms in total. The number of nitrogens with zero attached hydrogens (tertiary/aromatic N) is 2. The number of rotatable bonds is 1. The van der Waals surface area contributed by atoms with Gasteiger partial charge in [0, 0.05) is 38.9 Å². The number of anilines is 1. The molecule has 0 radical (unpaired) electrons. The Balaban J connectivity index is 2.31. The van der Waals surface area contributed by atoms with E-state index in [1.54, 1.807) is 4.90 Å². The summed E-state index contributed by atoms with van der Waals surface area (Å²) in [6.45, 7) is 5.10. The molecule has 0 saturated heterocycles. The van der Waals surface area contributed by atoms with Crippen LogP contribution >= 0.6 is 0 Å². The lowest BCUT2D eigenvalue weighted by atomic mass is 10.1. The highest BCUT2D eigenvalue weighted by Crippen LogP contribution is 2.22. The zero-order valence-electron chi connectivity index (χ0n) is 10.4. The van der Waals surface area contributed by atoms with E-state index in [9.17, 15) is 4.79 Å². The molecular weight excluding hydrogens is 214 g/mol. The van der Waals surface area contributed by atoms with Gasteiger partial charge in [0.15, 0.2) is 0 Å². The minimum atomic E-state index is 0.0728. The van der Waals surface area contributed by atoms with Gasteiger partial charge in [-0.05, 0) is 18.6 Å². The van der Waals surface area contributed by atoms with E-state index in [-0.39, 0.29) is 6.03 Å². The van der Waals surface area contributed by atoms with E-state index in [4.69, 9.17) is 0 Å². The molecule has 1 aliphatic heterocycles. The van der Waals surface area contributed by atoms with Crippen molar-refractivity contribution in [1.29, 1.82) is 0 Å². The predicted molar refractivity (Wildman–Crippen MR) is 69.2 cm³/mol. The van der Waals surface area contributed by atoms with Gasteiger partial charge in [-0.1, -0.05) is 18.2 Å². The van der Waals surface area contributed by atoms with E-state index in [1.807, 2.05) is 37.1 Å². The van der Waals surface area contributed by atoms with Crippen LogP contribution in [-0.4, -0.2) is 37.6 Å². The molecule has 0 atom stereocenters. The van der Waals surface area contributed by atoms with Crippen LogP contribution in [0.1, 0.15) is 12.5 Å². The Morgan fingerprint density at radius 3 is 3.00 bits per heavy atom. The third-order valence-electron chi connectivity index (χ3n) is 3.14. The van der Waals surface area contributed by atoms with E-state index in [2.05, 4.69) is 11.4 Å². The van der Waals surface area contributed by atoms with Gasteiger partial charge in [0.25, 0.3) is 0 Å². The normalized spacial score (nSPS) is 15.1. The molecule has 2 amide bonds. The van der Waals surface area contributed by atoms with Gasteiger partial charge in [-0.15, -0.1) is 0 Å². The number of nitrogens with one attached hydrogen (secondary N) is 1. The fraction of sp³-hybridized carbons (Fsp3) is 0.462. The first kappa shape index (κ1) is 11.9. The van der Waals surface area contributed by atoms with Crippen molar-refractivity contribution >= 4 is 11.7 Å². The summed E-state index contributed by atoms with van der Waals surface area (Å²) in [5, 5.41) is 3.33. The molecular formula is C13H19N3O. The zero-order chi connectivity index (χ0) is 12.3. The quantitative estimate of drug-likeness (QED) is 0.801. The van der Waals surface area contributed by atoms with Gasteiger partial charge in [0.05, 0.1) is 0 Å². The summed E-state index contributed by atoms with van der Waals surface area (Å²) in [6, 6.07) is 8.15. The number of hydrogen-bond acceptors (Lipinski definition) is 2. The van der Waals surface area contributed by atoms with Crippen LogP contribution in [0, 0.1) is 0 Å². The maximum atomic E-state index is 12.3. The number of hydrogen-bond donors (Lipinski definition) is 1. The Kier molecular flexibility index (Phi) is 3.64. The van der Waals surface area contributed by atoms with E-state index >= 15 is 0 Å². The molecule has 0 unspecified atom stereocenters. The van der Waals surface area contributed by atoms with Crippen LogP contribution in [0.15, 0.2) is 24.3 Å². The largest absolute Gasteiger partial charge is 0.328 e. The molecule has 4 heteroatoms. The summed E-state index contributed by atoms with van der Waals surface area (Å²) in [6.07, 6.45) is 0. The number of para-hydroxylation sites is 1. The lowest BCUT2D eigenvalue weighted by Crippen LogP contribution is -2.43. The summed E-state index contributed by atoms with van der Waals surface area (Å²) in [7, 11) is 1.84. The first-order valence-corrected chi connectivity index (χ1v) is 6.05. The molecule has 0 fully saturated rings. The molecule has 0 spiro atoms. The molecule has 17 heavy (non-hydrogen) atoms. The predicted octanol–water partition coefficient (Wildman–Crippen LogP) is 1.67. The highest BCUT2D eigenvalue weighted by atomic mass is 16.2. The van der Waals surface area contributed by atoms with Gasteiger partial charge < -0.3 is 10.2 Å². The molecule has 0 bridgehead atoms. The highest BCUT2D eigenvalue weighted by Gasteiger charge is 2.22. The van der Waals surface area contributed by atoms with E-state index in [0.29, 0.717) is 0 Å². The second-order valence-corrected chi connectivity index (χ2v) is 4.25. The van der Waals surface area contributed by atoms with Crippen molar-refractivity contribution in [3.8, 4) is 0 Å². The van der Waals surface area contributed by atoms with Gasteiger partial charge in [0.2, 0.25) is 0 Å². The van der Waals surface area contributed by atoms with Crippen LogP contribution in [-0.2, 0) is 6.54 Å². The van der Waals surface area contributed by atoms with Crippen molar-refractivity contribution < 1.29 is 4.79 Å². The molecule has 2 rings (SSSR count). The number of fused-ring (bicyclic) bond motifs is 1. The molecule has 1 aromatic rings. The molecule has 0 aromatic heterocycles. The van der Waals surface area contributed by atoms with Crippen LogP contribution < -0.4 is 10.2 Å². The fourth-order valence-electron chi connectivity index (χ4n) is 2.00. The van der Waals surface area contributed by atoms with Gasteiger partial charge in [-0.25, -0.2) is 4.79 Å². The van der Waals surface area contributed by atoms with Gasteiger partial charge in [0.1, 0.15) is 0 Å². The van der Waals surface area contributed by atoms with Crippen LogP contribution in [0.2, 0.25) is 0 Å². The van der Waals surface area contributed by atoms with Crippen LogP contribution in [0.4, 0.5) is 10.5 Å². The van der Waals surface area contributed by atoms with Crippen molar-refractivity contribution in [3.63, 3.8) is 0 Å². The monoisotopic (exact) mass is 233 g/mol. The first-order valence-electron chi connectivity index (χ1n) is 6.05. The van der Waals surface area contributed by atoms with E-state index in [1.165, 1.54) is 5.56 Å². The van der Waals surface area contributed by atoms with Crippen molar-refractivity contribution in [2.24, 2.45) is 0 Å². The van der Waals surface area contributed by atoms with Crippen molar-refractivity contribution in [3.05, 3.63) is 29.8 Å². The summed E-state index contributed by atoms with van der Waals surface area (Å²) < 4.78 is 0. The number of carbonyl (C=O) groups is 1. The first-order chi connectivity index (χ1) is 8.24. The molecule has 1 heterocycles. The van der Waals surface area contributed by atoms with Crippen LogP contribution in [0.5, 0.6) is 0 Å². The number of amides is 2. The van der Waals surface area contributed by atoms with E-state index in [0.717, 1.165) is 31.9 Å². The molecule has 1 aromatic carbocycles. The molecule has 92 valence electrons. The summed E-state index contributed by atoms with van der Waals surface area (Å²) in [5.41, 5.74) is 2.21. The second kappa shape index (κ2) is 5.19. The zero-order valence-corrected chi connectivity index (χ0v) is 10.4. The van der Waals surface area contributed by atoms with Crippen LogP contribution in [0.25, 0.3) is 0 Å². The average molecular weight is 233 g/mol. The number of carbonyl (C=O) groups excluding carboxylic acids is 1.